The first-order chi connectivity index (χ1) is 11.5. The van der Waals surface area contributed by atoms with Gasteiger partial charge in [-0.3, -0.25) is 14.9 Å². The van der Waals surface area contributed by atoms with Gasteiger partial charge in [-0.1, -0.05) is 35.5 Å². The Morgan fingerprint density at radius 1 is 1.33 bits per heavy atom. The highest BCUT2D eigenvalue weighted by atomic mass is 35.5. The van der Waals surface area contributed by atoms with Crippen molar-refractivity contribution in [2.24, 2.45) is 0 Å². The van der Waals surface area contributed by atoms with Gasteiger partial charge in [-0.15, -0.1) is 0 Å². The van der Waals surface area contributed by atoms with Crippen LogP contribution in [0.25, 0.3) is 22.2 Å². The highest BCUT2D eigenvalue weighted by Gasteiger charge is 2.18. The summed E-state index contributed by atoms with van der Waals surface area (Å²) < 4.78 is 0. The number of H-pyrrole nitrogens is 1. The van der Waals surface area contributed by atoms with Gasteiger partial charge in [0.1, 0.15) is 0 Å². The van der Waals surface area contributed by atoms with E-state index in [1.165, 1.54) is 6.07 Å². The number of imidazole rings is 1. The highest BCUT2D eigenvalue weighted by Crippen LogP contribution is 2.37. The Morgan fingerprint density at radius 3 is 2.79 bits per heavy atom. The summed E-state index contributed by atoms with van der Waals surface area (Å²) in [5.74, 6) is -1.07. The summed E-state index contributed by atoms with van der Waals surface area (Å²) in [4.78, 5) is 28.7. The summed E-state index contributed by atoms with van der Waals surface area (Å²) in [5, 5.41) is 20.7. The number of halogens is 1. The number of aromatic nitrogens is 2. The Hall–Kier alpha value is -2.58. The maximum Gasteiger partial charge on any atom is 0.313 e. The van der Waals surface area contributed by atoms with Gasteiger partial charge in [0, 0.05) is 11.6 Å². The lowest BCUT2D eigenvalue weighted by Gasteiger charge is -2.05. The molecular formula is C15H10ClN3O4S. The maximum atomic E-state index is 11.2. The average molecular weight is 364 g/mol. The summed E-state index contributed by atoms with van der Waals surface area (Å²) in [5.41, 5.74) is 2.04. The quantitative estimate of drug-likeness (QED) is 0.403. The summed E-state index contributed by atoms with van der Waals surface area (Å²) in [7, 11) is 0. The van der Waals surface area contributed by atoms with Gasteiger partial charge in [0.25, 0.3) is 5.69 Å². The van der Waals surface area contributed by atoms with Crippen molar-refractivity contribution < 1.29 is 14.8 Å². The molecule has 0 saturated carbocycles. The van der Waals surface area contributed by atoms with Crippen molar-refractivity contribution in [3.05, 3.63) is 51.5 Å². The van der Waals surface area contributed by atoms with E-state index in [1.54, 1.807) is 30.3 Å². The second kappa shape index (κ2) is 6.50. The number of carboxylic acids is 1. The Morgan fingerprint density at radius 2 is 2.08 bits per heavy atom. The number of nitrogens with zero attached hydrogens (tertiary/aromatic N) is 2. The number of nitro benzene ring substituents is 1. The third kappa shape index (κ3) is 3.19. The molecule has 2 aromatic carbocycles. The third-order valence-electron chi connectivity index (χ3n) is 3.27. The van der Waals surface area contributed by atoms with E-state index in [-0.39, 0.29) is 11.4 Å². The first-order valence-corrected chi connectivity index (χ1v) is 8.09. The van der Waals surface area contributed by atoms with Crippen molar-refractivity contribution in [1.29, 1.82) is 0 Å². The molecule has 9 heteroatoms. The number of fused-ring (bicyclic) bond motifs is 1. The number of hydrogen-bond acceptors (Lipinski definition) is 5. The predicted octanol–water partition coefficient (Wildman–Crippen LogP) is 3.97. The Balaban J connectivity index is 2.08. The van der Waals surface area contributed by atoms with Crippen LogP contribution in [-0.4, -0.2) is 31.7 Å². The maximum absolute atomic E-state index is 11.2. The van der Waals surface area contributed by atoms with E-state index in [0.717, 1.165) is 11.8 Å². The van der Waals surface area contributed by atoms with E-state index in [4.69, 9.17) is 16.7 Å². The molecule has 0 fully saturated rings. The molecule has 0 aliphatic rings. The molecule has 0 aliphatic carbocycles. The van der Waals surface area contributed by atoms with Crippen LogP contribution < -0.4 is 0 Å². The Kier molecular flexibility index (Phi) is 4.41. The minimum absolute atomic E-state index is 0.0465. The van der Waals surface area contributed by atoms with Crippen LogP contribution in [0.1, 0.15) is 0 Å². The number of aromatic amines is 1. The van der Waals surface area contributed by atoms with Gasteiger partial charge in [-0.25, -0.2) is 4.98 Å². The number of aliphatic carboxylic acids is 1. The molecular weight excluding hydrogens is 354 g/mol. The summed E-state index contributed by atoms with van der Waals surface area (Å²) in [6.45, 7) is 0. The molecule has 0 amide bonds. The minimum atomic E-state index is -0.945. The largest absolute Gasteiger partial charge is 0.481 e. The van der Waals surface area contributed by atoms with Crippen LogP contribution >= 0.6 is 23.4 Å². The van der Waals surface area contributed by atoms with Crippen molar-refractivity contribution in [1.82, 2.24) is 9.97 Å². The smallest absolute Gasteiger partial charge is 0.313 e. The molecule has 0 atom stereocenters. The fraction of sp³-hybridized carbons (Fsp3) is 0.0667. The van der Waals surface area contributed by atoms with E-state index in [0.29, 0.717) is 32.3 Å². The zero-order chi connectivity index (χ0) is 17.3. The molecule has 24 heavy (non-hydrogen) atoms. The molecule has 2 N–H and O–H groups in total. The molecule has 7 nitrogen and oxygen atoms in total. The molecule has 0 spiro atoms. The Bertz CT molecular complexity index is 957. The molecule has 0 radical (unpaired) electrons. The van der Waals surface area contributed by atoms with Crippen LogP contribution in [0.15, 0.2) is 41.6 Å². The number of nitrogens with one attached hydrogen (secondary N) is 1. The van der Waals surface area contributed by atoms with E-state index >= 15 is 0 Å². The zero-order valence-electron chi connectivity index (χ0n) is 12.0. The molecule has 3 rings (SSSR count). The van der Waals surface area contributed by atoms with Crippen LogP contribution in [0, 0.1) is 10.1 Å². The van der Waals surface area contributed by atoms with Crippen LogP contribution in [0.3, 0.4) is 0 Å². The lowest BCUT2D eigenvalue weighted by Crippen LogP contribution is -1.97. The number of nitro groups is 1. The molecule has 1 aromatic heterocycles. The normalized spacial score (nSPS) is 10.9. The summed E-state index contributed by atoms with van der Waals surface area (Å²) in [6.07, 6.45) is 0. The molecule has 122 valence electrons. The standard InChI is InChI=1S/C15H10ClN3O4S/c16-10-6-12-11(17-15(18-12)24-7-14(20)21)5-9(10)8-3-1-2-4-13(8)19(22)23/h1-6H,7H2,(H,17,18)(H,20,21). The van der Waals surface area contributed by atoms with Gasteiger partial charge in [-0.05, 0) is 18.2 Å². The van der Waals surface area contributed by atoms with E-state index < -0.39 is 10.9 Å². The van der Waals surface area contributed by atoms with Crippen LogP contribution in [0.2, 0.25) is 5.02 Å². The van der Waals surface area contributed by atoms with Gasteiger partial charge >= 0.3 is 5.97 Å². The SMILES string of the molecule is O=C(O)CSc1nc2cc(-c3ccccc3[N+](=O)[O-])c(Cl)cc2[nH]1. The summed E-state index contributed by atoms with van der Waals surface area (Å²) in [6, 6.07) is 9.60. The first kappa shape index (κ1) is 16.3. The fourth-order valence-corrected chi connectivity index (χ4v) is 3.14. The highest BCUT2D eigenvalue weighted by molar-refractivity contribution is 7.99. The molecule has 1 heterocycles. The number of benzene rings is 2. The zero-order valence-corrected chi connectivity index (χ0v) is 13.6. The topological polar surface area (TPSA) is 109 Å². The van der Waals surface area contributed by atoms with Crippen molar-refractivity contribution in [3.63, 3.8) is 0 Å². The van der Waals surface area contributed by atoms with Crippen molar-refractivity contribution in [2.75, 3.05) is 5.75 Å². The van der Waals surface area contributed by atoms with Gasteiger partial charge in [0.2, 0.25) is 0 Å². The lowest BCUT2D eigenvalue weighted by molar-refractivity contribution is -0.384. The molecule has 0 bridgehead atoms. The van der Waals surface area contributed by atoms with E-state index in [2.05, 4.69) is 9.97 Å². The fourth-order valence-electron chi connectivity index (χ4n) is 2.27. The van der Waals surface area contributed by atoms with Gasteiger partial charge in [0.05, 0.1) is 32.3 Å². The number of carboxylic acid groups (broad SMARTS) is 1. The van der Waals surface area contributed by atoms with Gasteiger partial charge in [0.15, 0.2) is 5.16 Å². The van der Waals surface area contributed by atoms with Crippen LogP contribution in [-0.2, 0) is 4.79 Å². The van der Waals surface area contributed by atoms with Gasteiger partial charge < -0.3 is 10.1 Å². The number of para-hydroxylation sites is 1. The van der Waals surface area contributed by atoms with Crippen LogP contribution in [0.5, 0.6) is 0 Å². The van der Waals surface area contributed by atoms with Crippen molar-refractivity contribution in [3.8, 4) is 11.1 Å². The summed E-state index contributed by atoms with van der Waals surface area (Å²) >= 11 is 7.33. The average Bonchev–Trinajstić information content (AvgIpc) is 2.93. The molecule has 0 unspecified atom stereocenters. The number of thioether (sulfide) groups is 1. The number of carbonyl (C=O) groups is 1. The second-order valence-corrected chi connectivity index (χ2v) is 6.22. The first-order valence-electron chi connectivity index (χ1n) is 6.73. The van der Waals surface area contributed by atoms with E-state index in [1.807, 2.05) is 0 Å². The van der Waals surface area contributed by atoms with Gasteiger partial charge in [-0.2, -0.15) is 0 Å². The molecule has 0 aliphatic heterocycles. The lowest BCUT2D eigenvalue weighted by atomic mass is 10.0. The third-order valence-corrected chi connectivity index (χ3v) is 4.44. The van der Waals surface area contributed by atoms with E-state index in [9.17, 15) is 14.9 Å². The predicted molar refractivity (Wildman–Crippen MR) is 91.6 cm³/mol. The molecule has 3 aromatic rings. The minimum Gasteiger partial charge on any atom is -0.481 e. The monoisotopic (exact) mass is 363 g/mol. The van der Waals surface area contributed by atoms with Crippen molar-refractivity contribution in [2.45, 2.75) is 5.16 Å². The molecule has 0 saturated heterocycles. The van der Waals surface area contributed by atoms with Crippen molar-refractivity contribution >= 4 is 46.1 Å². The second-order valence-electron chi connectivity index (χ2n) is 4.85. The Labute approximate surface area is 144 Å². The van der Waals surface area contributed by atoms with Crippen LogP contribution in [0.4, 0.5) is 5.69 Å². The number of rotatable bonds is 5. The number of hydrogen-bond donors (Lipinski definition) is 2.